The van der Waals surface area contributed by atoms with Crippen LogP contribution in [0, 0.1) is 0 Å². The van der Waals surface area contributed by atoms with Crippen LogP contribution < -0.4 is 0 Å². The maximum absolute atomic E-state index is 12.8. The fourth-order valence-corrected chi connectivity index (χ4v) is 7.78. The smallest absolute Gasteiger partial charge is 0.306 e. The zero-order valence-corrected chi connectivity index (χ0v) is 40.2. The molecule has 6 heteroatoms. The van der Waals surface area contributed by atoms with E-state index >= 15 is 0 Å². The molecule has 0 aliphatic rings. The molecular weight excluding hydrogens is 745 g/mol. The van der Waals surface area contributed by atoms with Crippen molar-refractivity contribution in [3.05, 3.63) is 24.3 Å². The lowest BCUT2D eigenvalue weighted by Crippen LogP contribution is -2.30. The number of carbonyl (C=O) groups excluding carboxylic acids is 3. The fourth-order valence-electron chi connectivity index (χ4n) is 7.78. The van der Waals surface area contributed by atoms with Gasteiger partial charge in [-0.05, 0) is 44.9 Å². The fraction of sp³-hybridized carbons (Fsp3) is 0.870. The van der Waals surface area contributed by atoms with Crippen molar-refractivity contribution in [3.8, 4) is 0 Å². The molecular formula is C54H100O6. The van der Waals surface area contributed by atoms with Crippen LogP contribution in [0.5, 0.6) is 0 Å². The topological polar surface area (TPSA) is 78.9 Å². The lowest BCUT2D eigenvalue weighted by Gasteiger charge is -2.18. The van der Waals surface area contributed by atoms with E-state index in [1.165, 1.54) is 167 Å². The Morgan fingerprint density at radius 3 is 1.00 bits per heavy atom. The van der Waals surface area contributed by atoms with Crippen LogP contribution >= 0.6 is 0 Å². The largest absolute Gasteiger partial charge is 0.462 e. The normalized spacial score (nSPS) is 12.1. The average molecular weight is 845 g/mol. The summed E-state index contributed by atoms with van der Waals surface area (Å²) in [4.78, 5) is 37.9. The molecule has 0 saturated heterocycles. The molecule has 0 saturated carbocycles. The Hall–Kier alpha value is -2.11. The molecule has 0 aliphatic carbocycles. The van der Waals surface area contributed by atoms with E-state index in [9.17, 15) is 14.4 Å². The molecule has 1 unspecified atom stereocenters. The summed E-state index contributed by atoms with van der Waals surface area (Å²) in [7, 11) is 0. The summed E-state index contributed by atoms with van der Waals surface area (Å²) in [6.07, 6.45) is 55.9. The summed E-state index contributed by atoms with van der Waals surface area (Å²) in [5.74, 6) is -0.863. The van der Waals surface area contributed by atoms with Crippen molar-refractivity contribution >= 4 is 17.9 Å². The summed E-state index contributed by atoms with van der Waals surface area (Å²) < 4.78 is 16.8. The molecule has 0 aliphatic heterocycles. The number of unbranched alkanes of at least 4 members (excludes halogenated alkanes) is 33. The first-order valence-electron chi connectivity index (χ1n) is 26.3. The van der Waals surface area contributed by atoms with Gasteiger partial charge >= 0.3 is 17.9 Å². The predicted octanol–water partition coefficient (Wildman–Crippen LogP) is 17.2. The minimum atomic E-state index is -0.769. The van der Waals surface area contributed by atoms with Crippen LogP contribution in [0.25, 0.3) is 0 Å². The van der Waals surface area contributed by atoms with Crippen LogP contribution in [0.2, 0.25) is 0 Å². The Bertz CT molecular complexity index is 973. The highest BCUT2D eigenvalue weighted by Crippen LogP contribution is 2.16. The lowest BCUT2D eigenvalue weighted by molar-refractivity contribution is -0.167. The second-order valence-electron chi connectivity index (χ2n) is 17.8. The van der Waals surface area contributed by atoms with Crippen LogP contribution in [-0.4, -0.2) is 37.2 Å². The Balaban J connectivity index is 4.30. The average Bonchev–Trinajstić information content (AvgIpc) is 3.24. The summed E-state index contributed by atoms with van der Waals surface area (Å²) in [5, 5.41) is 0. The first kappa shape index (κ1) is 57.9. The molecule has 0 radical (unpaired) electrons. The van der Waals surface area contributed by atoms with Gasteiger partial charge in [0.25, 0.3) is 0 Å². The number of hydrogen-bond donors (Lipinski definition) is 0. The molecule has 0 N–H and O–H groups in total. The Kier molecular flexibility index (Phi) is 47.8. The number of hydrogen-bond acceptors (Lipinski definition) is 6. The zero-order chi connectivity index (χ0) is 43.7. The molecule has 0 rings (SSSR count). The first-order chi connectivity index (χ1) is 29.5. The number of allylic oxidation sites excluding steroid dienone is 4. The van der Waals surface area contributed by atoms with E-state index < -0.39 is 6.10 Å². The molecule has 0 spiro atoms. The van der Waals surface area contributed by atoms with E-state index in [-0.39, 0.29) is 31.1 Å². The molecule has 0 bridgehead atoms. The van der Waals surface area contributed by atoms with Crippen LogP contribution in [-0.2, 0) is 28.6 Å². The van der Waals surface area contributed by atoms with Gasteiger partial charge in [0.2, 0.25) is 0 Å². The molecule has 0 aromatic rings. The molecule has 0 heterocycles. The second kappa shape index (κ2) is 49.5. The van der Waals surface area contributed by atoms with Crippen molar-refractivity contribution in [2.24, 2.45) is 0 Å². The summed E-state index contributed by atoms with van der Waals surface area (Å²) >= 11 is 0. The van der Waals surface area contributed by atoms with E-state index in [4.69, 9.17) is 14.2 Å². The van der Waals surface area contributed by atoms with Gasteiger partial charge in [-0.1, -0.05) is 244 Å². The van der Waals surface area contributed by atoms with Crippen LogP contribution in [0.4, 0.5) is 0 Å². The zero-order valence-electron chi connectivity index (χ0n) is 40.2. The van der Waals surface area contributed by atoms with Gasteiger partial charge in [0.05, 0.1) is 0 Å². The summed E-state index contributed by atoms with van der Waals surface area (Å²) in [6, 6.07) is 0. The Morgan fingerprint density at radius 2 is 0.650 bits per heavy atom. The Labute approximate surface area is 373 Å². The second-order valence-corrected chi connectivity index (χ2v) is 17.8. The van der Waals surface area contributed by atoms with Gasteiger partial charge in [0.1, 0.15) is 13.2 Å². The maximum atomic E-state index is 12.8. The summed E-state index contributed by atoms with van der Waals surface area (Å²) in [6.45, 7) is 6.55. The quantitative estimate of drug-likeness (QED) is 0.0263. The molecule has 6 nitrogen and oxygen atoms in total. The number of carbonyl (C=O) groups is 3. The highest BCUT2D eigenvalue weighted by atomic mass is 16.6. The maximum Gasteiger partial charge on any atom is 0.306 e. The van der Waals surface area contributed by atoms with E-state index in [1.54, 1.807) is 0 Å². The number of rotatable bonds is 48. The van der Waals surface area contributed by atoms with Gasteiger partial charge in [-0.2, -0.15) is 0 Å². The van der Waals surface area contributed by atoms with Gasteiger partial charge in [-0.3, -0.25) is 14.4 Å². The van der Waals surface area contributed by atoms with Gasteiger partial charge in [-0.25, -0.2) is 0 Å². The third kappa shape index (κ3) is 46.9. The van der Waals surface area contributed by atoms with Crippen LogP contribution in [0.3, 0.4) is 0 Å². The summed E-state index contributed by atoms with van der Waals surface area (Å²) in [5.41, 5.74) is 0. The number of esters is 3. The highest BCUT2D eigenvalue weighted by molar-refractivity contribution is 5.71. The highest BCUT2D eigenvalue weighted by Gasteiger charge is 2.19. The number of ether oxygens (including phenoxy) is 3. The van der Waals surface area contributed by atoms with Crippen molar-refractivity contribution < 1.29 is 28.6 Å². The predicted molar refractivity (Wildman–Crippen MR) is 256 cm³/mol. The van der Waals surface area contributed by atoms with E-state index in [0.717, 1.165) is 77.0 Å². The minimum absolute atomic E-state index is 0.0696. The molecule has 1 atom stereocenters. The SMILES string of the molecule is CC/C=C\C/C=C\CCCCCCCCCC(=O)OC(COC(=O)CCCCCCCCCCCCC)COC(=O)CCCCCCCCCCCCCCCCCCC. The molecule has 0 aromatic carbocycles. The van der Waals surface area contributed by atoms with Gasteiger partial charge in [0, 0.05) is 19.3 Å². The van der Waals surface area contributed by atoms with Gasteiger partial charge in [0.15, 0.2) is 6.10 Å². The van der Waals surface area contributed by atoms with Crippen molar-refractivity contribution in [1.29, 1.82) is 0 Å². The molecule has 0 aromatic heterocycles. The lowest BCUT2D eigenvalue weighted by atomic mass is 10.0. The van der Waals surface area contributed by atoms with E-state index in [0.29, 0.717) is 19.3 Å². The minimum Gasteiger partial charge on any atom is -0.462 e. The third-order valence-electron chi connectivity index (χ3n) is 11.7. The van der Waals surface area contributed by atoms with Crippen molar-refractivity contribution in [2.75, 3.05) is 13.2 Å². The molecule has 0 amide bonds. The van der Waals surface area contributed by atoms with E-state index in [2.05, 4.69) is 45.1 Å². The molecule has 60 heavy (non-hydrogen) atoms. The van der Waals surface area contributed by atoms with Crippen molar-refractivity contribution in [2.45, 2.75) is 290 Å². The van der Waals surface area contributed by atoms with Crippen LogP contribution in [0.1, 0.15) is 284 Å². The van der Waals surface area contributed by atoms with E-state index in [1.807, 2.05) is 0 Å². The van der Waals surface area contributed by atoms with Gasteiger partial charge in [-0.15, -0.1) is 0 Å². The first-order valence-corrected chi connectivity index (χ1v) is 26.3. The Morgan fingerprint density at radius 1 is 0.350 bits per heavy atom. The van der Waals surface area contributed by atoms with Gasteiger partial charge < -0.3 is 14.2 Å². The van der Waals surface area contributed by atoms with Crippen LogP contribution in [0.15, 0.2) is 24.3 Å². The molecule has 352 valence electrons. The van der Waals surface area contributed by atoms with Crippen molar-refractivity contribution in [1.82, 2.24) is 0 Å². The third-order valence-corrected chi connectivity index (χ3v) is 11.7. The molecule has 0 fully saturated rings. The monoisotopic (exact) mass is 845 g/mol. The standard InChI is InChI=1S/C54H100O6/c1-4-7-10-13-16-19-22-24-26-27-28-30-32-35-38-41-44-47-53(56)59-50-51(49-58-52(55)46-43-40-37-34-31-21-18-15-12-9-6-3)60-54(57)48-45-42-39-36-33-29-25-23-20-17-14-11-8-5-2/h8,11,17,20,51H,4-7,9-10,12-16,18-19,21-50H2,1-3H3/b11-8-,20-17-. The van der Waals surface area contributed by atoms with Crippen molar-refractivity contribution in [3.63, 3.8) is 0 Å².